The Bertz CT molecular complexity index is 477. The second kappa shape index (κ2) is 20.6. The lowest BCUT2D eigenvalue weighted by molar-refractivity contribution is -0.149. The maximum atomic E-state index is 11.7. The Hall–Kier alpha value is -0.950. The van der Waals surface area contributed by atoms with Gasteiger partial charge in [-0.05, 0) is 43.9 Å². The molecule has 0 aromatic heterocycles. The molecule has 6 heteroatoms. The summed E-state index contributed by atoms with van der Waals surface area (Å²) in [6.45, 7) is 10.6. The average Bonchev–Trinajstić information content (AvgIpc) is 2.71. The van der Waals surface area contributed by atoms with Crippen molar-refractivity contribution in [3.63, 3.8) is 0 Å². The average molecular weight is 461 g/mol. The van der Waals surface area contributed by atoms with E-state index < -0.39 is 24.8 Å². The Morgan fingerprint density at radius 2 is 1.38 bits per heavy atom. The highest BCUT2D eigenvalue weighted by molar-refractivity contribution is 5.69. The number of carbonyl (C=O) groups excluding carboxylic acids is 1. The first kappa shape index (κ1) is 33.2. The van der Waals surface area contributed by atoms with Gasteiger partial charge in [-0.25, -0.2) is 0 Å². The summed E-state index contributed by atoms with van der Waals surface area (Å²) in [5, 5.41) is 27.4. The number of carbonyl (C=O) groups is 1. The van der Waals surface area contributed by atoms with E-state index in [1.807, 2.05) is 0 Å². The number of allylic oxidation sites excluding steroid dienone is 2. The van der Waals surface area contributed by atoms with Gasteiger partial charge in [0.1, 0.15) is 18.8 Å². The second-order valence-corrected chi connectivity index (χ2v) is 9.95. The van der Waals surface area contributed by atoms with Crippen molar-refractivity contribution in [2.45, 2.75) is 117 Å². The van der Waals surface area contributed by atoms with Gasteiger partial charge in [0.05, 0.1) is 6.61 Å². The minimum atomic E-state index is -1.28. The summed E-state index contributed by atoms with van der Waals surface area (Å²) in [6, 6.07) is 0. The van der Waals surface area contributed by atoms with Gasteiger partial charge in [-0.2, -0.15) is 0 Å². The molecule has 0 aromatic carbocycles. The second-order valence-electron chi connectivity index (χ2n) is 9.95. The highest BCUT2D eigenvalue weighted by Gasteiger charge is 2.17. The summed E-state index contributed by atoms with van der Waals surface area (Å²) in [7, 11) is 0. The smallest absolute Gasteiger partial charge is 0.306 e. The Kier molecular flexibility index (Phi) is 21.4. The molecule has 0 rings (SSSR count). The molecule has 0 radical (unpaired) electrons. The number of rotatable bonds is 19. The lowest BCUT2D eigenvalue weighted by Gasteiger charge is -2.15. The van der Waals surface area contributed by atoms with E-state index in [2.05, 4.69) is 40.7 Å². The Balaban J connectivity index is 0. The largest absolute Gasteiger partial charge is 0.463 e. The fourth-order valence-electron chi connectivity index (χ4n) is 3.73. The monoisotopic (exact) mass is 460 g/mol. The quantitative estimate of drug-likeness (QED) is 0.192. The summed E-state index contributed by atoms with van der Waals surface area (Å²) >= 11 is 0. The normalized spacial score (nSPS) is 15.7. The number of esters is 1. The highest BCUT2D eigenvalue weighted by Crippen LogP contribution is 2.22. The maximum Gasteiger partial charge on any atom is 0.306 e. The standard InChI is InChI=1S/C26H50O5.H2O/c1-20(2)10-6-11-21(3)12-7-13-22(4)14-8-15-23(5)16-9-17-26(30)31-19-25(29)24(28)18-27;/h16,20-22,24-25,27-29H,6-15,17-19H2,1-5H3;1H2/t21?,22?,24-,25+;/m1./s1. The van der Waals surface area contributed by atoms with Crippen molar-refractivity contribution >= 4 is 5.97 Å². The van der Waals surface area contributed by atoms with E-state index in [1.165, 1.54) is 56.9 Å². The summed E-state index contributed by atoms with van der Waals surface area (Å²) in [6.07, 6.45) is 12.0. The summed E-state index contributed by atoms with van der Waals surface area (Å²) in [5.74, 6) is 2.04. The van der Waals surface area contributed by atoms with Crippen LogP contribution in [0.4, 0.5) is 0 Å². The molecule has 0 heterocycles. The zero-order chi connectivity index (χ0) is 23.6. The van der Waals surface area contributed by atoms with E-state index in [0.717, 1.165) is 24.2 Å². The summed E-state index contributed by atoms with van der Waals surface area (Å²) in [4.78, 5) is 11.7. The number of aliphatic hydroxyl groups excluding tert-OH is 3. The lowest BCUT2D eigenvalue weighted by Crippen LogP contribution is -2.34. The molecule has 0 aliphatic heterocycles. The highest BCUT2D eigenvalue weighted by atomic mass is 16.5. The number of aliphatic hydroxyl groups is 3. The van der Waals surface area contributed by atoms with Crippen molar-refractivity contribution in [2.24, 2.45) is 17.8 Å². The van der Waals surface area contributed by atoms with Crippen LogP contribution in [-0.4, -0.2) is 52.2 Å². The fourth-order valence-corrected chi connectivity index (χ4v) is 3.73. The van der Waals surface area contributed by atoms with Crippen LogP contribution in [-0.2, 0) is 9.53 Å². The Morgan fingerprint density at radius 1 is 0.844 bits per heavy atom. The van der Waals surface area contributed by atoms with Crippen molar-refractivity contribution in [1.82, 2.24) is 0 Å². The third-order valence-electron chi connectivity index (χ3n) is 6.03. The minimum absolute atomic E-state index is 0. The fraction of sp³-hybridized carbons (Fsp3) is 0.885. The summed E-state index contributed by atoms with van der Waals surface area (Å²) in [5.41, 5.74) is 1.30. The molecular formula is C26H52O6. The molecule has 4 atom stereocenters. The van der Waals surface area contributed by atoms with Crippen LogP contribution in [0.1, 0.15) is 105 Å². The SMILES string of the molecule is CC(=CCCC(=O)OC[C@H](O)[C@H](O)CO)CCCC(C)CCCC(C)CCCC(C)C.O. The molecule has 5 N–H and O–H groups in total. The lowest BCUT2D eigenvalue weighted by atomic mass is 9.91. The molecule has 0 bridgehead atoms. The van der Waals surface area contributed by atoms with Crippen LogP contribution in [0.3, 0.4) is 0 Å². The van der Waals surface area contributed by atoms with E-state index in [9.17, 15) is 15.0 Å². The Morgan fingerprint density at radius 3 is 1.91 bits per heavy atom. The van der Waals surface area contributed by atoms with Crippen LogP contribution >= 0.6 is 0 Å². The predicted molar refractivity (Wildman–Crippen MR) is 131 cm³/mol. The molecule has 0 fully saturated rings. The molecule has 0 aromatic rings. The number of hydrogen-bond acceptors (Lipinski definition) is 5. The van der Waals surface area contributed by atoms with Gasteiger partial charge in [0.25, 0.3) is 0 Å². The van der Waals surface area contributed by atoms with Crippen LogP contribution < -0.4 is 0 Å². The summed E-state index contributed by atoms with van der Waals surface area (Å²) < 4.78 is 4.92. The van der Waals surface area contributed by atoms with Crippen LogP contribution in [0.5, 0.6) is 0 Å². The van der Waals surface area contributed by atoms with Gasteiger partial charge in [-0.15, -0.1) is 0 Å². The third-order valence-corrected chi connectivity index (χ3v) is 6.03. The molecule has 0 aliphatic carbocycles. The molecule has 32 heavy (non-hydrogen) atoms. The van der Waals surface area contributed by atoms with Gasteiger partial charge in [0.2, 0.25) is 0 Å². The molecule has 192 valence electrons. The third kappa shape index (κ3) is 19.7. The van der Waals surface area contributed by atoms with Crippen molar-refractivity contribution in [3.05, 3.63) is 11.6 Å². The first-order valence-corrected chi connectivity index (χ1v) is 12.4. The van der Waals surface area contributed by atoms with E-state index in [-0.39, 0.29) is 18.5 Å². The maximum absolute atomic E-state index is 11.7. The molecule has 2 unspecified atom stereocenters. The molecule has 6 nitrogen and oxygen atoms in total. The number of hydrogen-bond donors (Lipinski definition) is 3. The van der Waals surface area contributed by atoms with E-state index >= 15 is 0 Å². The van der Waals surface area contributed by atoms with Gasteiger partial charge in [-0.3, -0.25) is 4.79 Å². The molecule has 0 saturated carbocycles. The Labute approximate surface area is 196 Å². The van der Waals surface area contributed by atoms with Crippen molar-refractivity contribution in [2.75, 3.05) is 13.2 Å². The van der Waals surface area contributed by atoms with Crippen molar-refractivity contribution in [3.8, 4) is 0 Å². The van der Waals surface area contributed by atoms with E-state index in [4.69, 9.17) is 9.84 Å². The van der Waals surface area contributed by atoms with Gasteiger partial charge in [-0.1, -0.05) is 84.3 Å². The zero-order valence-electron chi connectivity index (χ0n) is 21.3. The van der Waals surface area contributed by atoms with Crippen LogP contribution in [0, 0.1) is 17.8 Å². The van der Waals surface area contributed by atoms with Crippen LogP contribution in [0.2, 0.25) is 0 Å². The topological polar surface area (TPSA) is 118 Å². The molecular weight excluding hydrogens is 408 g/mol. The van der Waals surface area contributed by atoms with Gasteiger partial charge >= 0.3 is 5.97 Å². The first-order valence-electron chi connectivity index (χ1n) is 12.4. The molecule has 0 spiro atoms. The first-order chi connectivity index (χ1) is 14.6. The molecule has 0 saturated heterocycles. The van der Waals surface area contributed by atoms with Gasteiger partial charge in [0, 0.05) is 6.42 Å². The van der Waals surface area contributed by atoms with Crippen molar-refractivity contribution in [1.29, 1.82) is 0 Å². The van der Waals surface area contributed by atoms with Crippen LogP contribution in [0.25, 0.3) is 0 Å². The van der Waals surface area contributed by atoms with E-state index in [0.29, 0.717) is 6.42 Å². The van der Waals surface area contributed by atoms with Crippen LogP contribution in [0.15, 0.2) is 11.6 Å². The molecule has 0 amide bonds. The predicted octanol–water partition coefficient (Wildman–Crippen LogP) is 4.58. The van der Waals surface area contributed by atoms with Gasteiger partial charge in [0.15, 0.2) is 0 Å². The zero-order valence-corrected chi connectivity index (χ0v) is 21.3. The van der Waals surface area contributed by atoms with Crippen molar-refractivity contribution < 1.29 is 30.3 Å². The van der Waals surface area contributed by atoms with E-state index in [1.54, 1.807) is 0 Å². The minimum Gasteiger partial charge on any atom is -0.463 e. The van der Waals surface area contributed by atoms with Gasteiger partial charge < -0.3 is 25.5 Å². The molecule has 0 aliphatic rings. The number of ether oxygens (including phenoxy) is 1.